The molecule has 2 aromatic heterocycles. The minimum Gasteiger partial charge on any atom is -0.487 e. The fraction of sp³-hybridized carbons (Fsp3) is 0.120. The summed E-state index contributed by atoms with van der Waals surface area (Å²) in [7, 11) is 1.77. The quantitative estimate of drug-likeness (QED) is 0.307. The van der Waals surface area contributed by atoms with Crippen LogP contribution in [0.2, 0.25) is 0 Å². The SMILES string of the molecule is Cc1nc(COc2ccccc2C=CC(=O)Nc2ccc(C(=O)c3nccn3C)cc2)cs1. The molecule has 0 radical (unpaired) electrons. The maximum absolute atomic E-state index is 12.5. The van der Waals surface area contributed by atoms with Gasteiger partial charge in [0.2, 0.25) is 11.7 Å². The Balaban J connectivity index is 1.37. The Morgan fingerprint density at radius 2 is 1.94 bits per heavy atom. The Morgan fingerprint density at radius 1 is 1.15 bits per heavy atom. The van der Waals surface area contributed by atoms with Crippen molar-refractivity contribution >= 4 is 34.8 Å². The van der Waals surface area contributed by atoms with E-state index in [2.05, 4.69) is 15.3 Å². The number of ketones is 1. The van der Waals surface area contributed by atoms with Gasteiger partial charge in [-0.05, 0) is 43.3 Å². The normalized spacial score (nSPS) is 11.0. The van der Waals surface area contributed by atoms with Crippen molar-refractivity contribution in [3.8, 4) is 5.75 Å². The molecule has 4 rings (SSSR count). The molecule has 33 heavy (non-hydrogen) atoms. The summed E-state index contributed by atoms with van der Waals surface area (Å²) in [4.78, 5) is 33.4. The van der Waals surface area contributed by atoms with Crippen LogP contribution in [0.5, 0.6) is 5.75 Å². The van der Waals surface area contributed by atoms with Crippen molar-refractivity contribution in [3.05, 3.63) is 100 Å². The Bertz CT molecular complexity index is 1310. The summed E-state index contributed by atoms with van der Waals surface area (Å²) >= 11 is 1.58. The largest absolute Gasteiger partial charge is 0.487 e. The summed E-state index contributed by atoms with van der Waals surface area (Å²) < 4.78 is 7.55. The second kappa shape index (κ2) is 10.1. The van der Waals surface area contributed by atoms with Crippen LogP contribution in [-0.4, -0.2) is 26.2 Å². The van der Waals surface area contributed by atoms with E-state index in [0.717, 1.165) is 16.3 Å². The number of nitrogens with one attached hydrogen (secondary N) is 1. The molecule has 2 heterocycles. The highest BCUT2D eigenvalue weighted by molar-refractivity contribution is 7.09. The maximum atomic E-state index is 12.5. The number of amides is 1. The van der Waals surface area contributed by atoms with Crippen molar-refractivity contribution in [2.24, 2.45) is 7.05 Å². The highest BCUT2D eigenvalue weighted by atomic mass is 32.1. The Labute approximate surface area is 195 Å². The predicted molar refractivity (Wildman–Crippen MR) is 128 cm³/mol. The number of imidazole rings is 1. The molecule has 0 spiro atoms. The second-order valence-electron chi connectivity index (χ2n) is 7.28. The van der Waals surface area contributed by atoms with Crippen LogP contribution >= 0.6 is 11.3 Å². The number of carbonyl (C=O) groups is 2. The average Bonchev–Trinajstić information content (AvgIpc) is 3.44. The molecule has 0 saturated carbocycles. The maximum Gasteiger partial charge on any atom is 0.248 e. The van der Waals surface area contributed by atoms with Crippen LogP contribution < -0.4 is 10.1 Å². The zero-order valence-electron chi connectivity index (χ0n) is 18.2. The molecule has 0 saturated heterocycles. The van der Waals surface area contributed by atoms with Gasteiger partial charge >= 0.3 is 0 Å². The van der Waals surface area contributed by atoms with E-state index in [1.807, 2.05) is 36.6 Å². The first kappa shape index (κ1) is 22.2. The van der Waals surface area contributed by atoms with Crippen molar-refractivity contribution in [1.29, 1.82) is 0 Å². The number of aryl methyl sites for hydroxylation is 2. The van der Waals surface area contributed by atoms with Gasteiger partial charge in [-0.25, -0.2) is 9.97 Å². The lowest BCUT2D eigenvalue weighted by Gasteiger charge is -2.08. The molecule has 0 bridgehead atoms. The molecule has 0 aliphatic rings. The van der Waals surface area contributed by atoms with Gasteiger partial charge in [-0.15, -0.1) is 11.3 Å². The van der Waals surface area contributed by atoms with Crippen LogP contribution in [0.25, 0.3) is 6.08 Å². The number of hydrogen-bond donors (Lipinski definition) is 1. The molecule has 0 aliphatic heterocycles. The molecule has 0 fully saturated rings. The van der Waals surface area contributed by atoms with Gasteiger partial charge in [-0.3, -0.25) is 9.59 Å². The number of nitrogens with zero attached hydrogens (tertiary/aromatic N) is 3. The van der Waals surface area contributed by atoms with Crippen LogP contribution in [-0.2, 0) is 18.4 Å². The lowest BCUT2D eigenvalue weighted by atomic mass is 10.1. The van der Waals surface area contributed by atoms with Gasteiger partial charge in [-0.2, -0.15) is 0 Å². The van der Waals surface area contributed by atoms with E-state index in [9.17, 15) is 9.59 Å². The van der Waals surface area contributed by atoms with Crippen molar-refractivity contribution < 1.29 is 14.3 Å². The number of carbonyl (C=O) groups excluding carboxylic acids is 2. The zero-order chi connectivity index (χ0) is 23.2. The van der Waals surface area contributed by atoms with E-state index >= 15 is 0 Å². The first-order valence-corrected chi connectivity index (χ1v) is 11.1. The van der Waals surface area contributed by atoms with E-state index in [1.165, 1.54) is 6.08 Å². The van der Waals surface area contributed by atoms with Gasteiger partial charge in [0.1, 0.15) is 12.4 Å². The molecule has 0 atom stereocenters. The molecule has 4 aromatic rings. The van der Waals surface area contributed by atoms with Gasteiger partial charge in [0.15, 0.2) is 5.82 Å². The molecule has 1 amide bonds. The summed E-state index contributed by atoms with van der Waals surface area (Å²) in [6, 6.07) is 14.2. The van der Waals surface area contributed by atoms with E-state index in [4.69, 9.17) is 4.74 Å². The van der Waals surface area contributed by atoms with Gasteiger partial charge in [-0.1, -0.05) is 18.2 Å². The van der Waals surface area contributed by atoms with Gasteiger partial charge in [0.05, 0.1) is 10.7 Å². The molecule has 0 unspecified atom stereocenters. The third-order valence-electron chi connectivity index (χ3n) is 4.81. The lowest BCUT2D eigenvalue weighted by Crippen LogP contribution is -2.10. The number of para-hydroxylation sites is 1. The molecular formula is C25H22N4O3S. The molecular weight excluding hydrogens is 436 g/mol. The number of rotatable bonds is 8. The molecule has 1 N–H and O–H groups in total. The summed E-state index contributed by atoms with van der Waals surface area (Å²) in [6.45, 7) is 2.32. The van der Waals surface area contributed by atoms with Crippen molar-refractivity contribution in [3.63, 3.8) is 0 Å². The first-order chi connectivity index (χ1) is 16.0. The molecule has 8 heteroatoms. The summed E-state index contributed by atoms with van der Waals surface area (Å²) in [6.07, 6.45) is 6.45. The first-order valence-electron chi connectivity index (χ1n) is 10.2. The van der Waals surface area contributed by atoms with E-state index in [-0.39, 0.29) is 11.7 Å². The number of anilines is 1. The topological polar surface area (TPSA) is 86.1 Å². The Kier molecular flexibility index (Phi) is 6.75. The number of benzene rings is 2. The predicted octanol–water partition coefficient (Wildman–Crippen LogP) is 4.65. The highest BCUT2D eigenvalue weighted by Gasteiger charge is 2.13. The second-order valence-corrected chi connectivity index (χ2v) is 8.34. The molecule has 0 aliphatic carbocycles. The summed E-state index contributed by atoms with van der Waals surface area (Å²) in [5.41, 5.74) is 2.75. The van der Waals surface area contributed by atoms with Gasteiger partial charge in [0, 0.05) is 47.7 Å². The summed E-state index contributed by atoms with van der Waals surface area (Å²) in [5, 5.41) is 5.76. The van der Waals surface area contributed by atoms with Crippen LogP contribution in [0.3, 0.4) is 0 Å². The Hall–Kier alpha value is -4.04. The smallest absolute Gasteiger partial charge is 0.248 e. The van der Waals surface area contributed by atoms with E-state index < -0.39 is 0 Å². The molecule has 2 aromatic carbocycles. The van der Waals surface area contributed by atoms with Crippen molar-refractivity contribution in [1.82, 2.24) is 14.5 Å². The van der Waals surface area contributed by atoms with Gasteiger partial charge in [0.25, 0.3) is 0 Å². The zero-order valence-corrected chi connectivity index (χ0v) is 19.0. The fourth-order valence-electron chi connectivity index (χ4n) is 3.14. The minimum atomic E-state index is -0.289. The lowest BCUT2D eigenvalue weighted by molar-refractivity contribution is -0.111. The van der Waals surface area contributed by atoms with Crippen LogP contribution in [0.15, 0.2) is 72.4 Å². The summed E-state index contributed by atoms with van der Waals surface area (Å²) in [5.74, 6) is 0.567. The third-order valence-corrected chi connectivity index (χ3v) is 5.64. The van der Waals surface area contributed by atoms with E-state index in [1.54, 1.807) is 65.7 Å². The number of thiazole rings is 1. The standard InChI is InChI=1S/C25H22N4O3S/c1-17-27-21(16-33-17)15-32-22-6-4-3-5-18(22)9-12-23(30)28-20-10-7-19(8-11-20)24(31)25-26-13-14-29(25)2/h3-14,16H,15H2,1-2H3,(H,28,30). The monoisotopic (exact) mass is 458 g/mol. The van der Waals surface area contributed by atoms with Crippen molar-refractivity contribution in [2.75, 3.05) is 5.32 Å². The highest BCUT2D eigenvalue weighted by Crippen LogP contribution is 2.21. The van der Waals surface area contributed by atoms with Crippen molar-refractivity contribution in [2.45, 2.75) is 13.5 Å². The third kappa shape index (κ3) is 5.61. The number of aromatic nitrogens is 3. The number of hydrogen-bond acceptors (Lipinski definition) is 6. The number of ether oxygens (including phenoxy) is 1. The van der Waals surface area contributed by atoms with Crippen LogP contribution in [0.4, 0.5) is 5.69 Å². The average molecular weight is 459 g/mol. The van der Waals surface area contributed by atoms with E-state index in [0.29, 0.717) is 29.4 Å². The van der Waals surface area contributed by atoms with Crippen LogP contribution in [0.1, 0.15) is 32.4 Å². The minimum absolute atomic E-state index is 0.176. The van der Waals surface area contributed by atoms with Crippen LogP contribution in [0, 0.1) is 6.92 Å². The Morgan fingerprint density at radius 3 is 2.64 bits per heavy atom. The fourth-order valence-corrected chi connectivity index (χ4v) is 3.74. The van der Waals surface area contributed by atoms with Gasteiger partial charge < -0.3 is 14.6 Å². The molecule has 166 valence electrons. The molecule has 7 nitrogen and oxygen atoms in total.